The number of hydrogen-bond acceptors (Lipinski definition) is 5. The second kappa shape index (κ2) is 9.50. The van der Waals surface area contributed by atoms with Gasteiger partial charge in [0.25, 0.3) is 11.6 Å². The molecule has 0 heterocycles. The molecule has 0 aliphatic rings. The summed E-state index contributed by atoms with van der Waals surface area (Å²) < 4.78 is 0. The van der Waals surface area contributed by atoms with Gasteiger partial charge in [0.15, 0.2) is 0 Å². The highest BCUT2D eigenvalue weighted by molar-refractivity contribution is 5.97. The van der Waals surface area contributed by atoms with Crippen molar-refractivity contribution in [3.8, 4) is 0 Å². The van der Waals surface area contributed by atoms with Crippen molar-refractivity contribution in [3.05, 3.63) is 39.9 Å². The Morgan fingerprint density at radius 1 is 1.27 bits per heavy atom. The Morgan fingerprint density at radius 3 is 2.46 bits per heavy atom. The number of nitrogens with zero attached hydrogens (tertiary/aromatic N) is 2. The van der Waals surface area contributed by atoms with Crippen LogP contribution in [0.4, 0.5) is 5.69 Å². The van der Waals surface area contributed by atoms with E-state index in [1.807, 2.05) is 13.8 Å². The molecule has 0 bridgehead atoms. The summed E-state index contributed by atoms with van der Waals surface area (Å²) in [4.78, 5) is 47.1. The molecule has 0 fully saturated rings. The topological polar surface area (TPSA) is 130 Å². The van der Waals surface area contributed by atoms with Gasteiger partial charge >= 0.3 is 5.97 Å². The lowest BCUT2D eigenvalue weighted by molar-refractivity contribution is -0.384. The number of amides is 2. The third-order valence-electron chi connectivity index (χ3n) is 3.53. The maximum Gasteiger partial charge on any atom is 0.305 e. The Balaban J connectivity index is 2.81. The smallest absolute Gasteiger partial charge is 0.305 e. The van der Waals surface area contributed by atoms with E-state index >= 15 is 0 Å². The van der Waals surface area contributed by atoms with E-state index in [9.17, 15) is 24.5 Å². The average Bonchev–Trinajstić information content (AvgIpc) is 2.57. The Morgan fingerprint density at radius 2 is 1.92 bits per heavy atom. The third kappa shape index (κ3) is 6.50. The van der Waals surface area contributed by atoms with E-state index in [0.29, 0.717) is 6.54 Å². The van der Waals surface area contributed by atoms with E-state index in [-0.39, 0.29) is 30.1 Å². The molecule has 0 radical (unpaired) electrons. The van der Waals surface area contributed by atoms with E-state index in [1.165, 1.54) is 30.0 Å². The molecule has 1 rings (SSSR count). The van der Waals surface area contributed by atoms with E-state index in [4.69, 9.17) is 5.11 Å². The van der Waals surface area contributed by atoms with Crippen molar-refractivity contribution in [2.24, 2.45) is 5.92 Å². The van der Waals surface area contributed by atoms with E-state index in [1.54, 1.807) is 0 Å². The van der Waals surface area contributed by atoms with E-state index < -0.39 is 28.7 Å². The molecule has 0 spiro atoms. The maximum absolute atomic E-state index is 12.5. The molecule has 0 aromatic heterocycles. The lowest BCUT2D eigenvalue weighted by Gasteiger charge is -2.27. The van der Waals surface area contributed by atoms with Gasteiger partial charge in [0.1, 0.15) is 6.04 Å². The second-order valence-corrected chi connectivity index (χ2v) is 6.32. The zero-order valence-corrected chi connectivity index (χ0v) is 15.0. The van der Waals surface area contributed by atoms with Crippen molar-refractivity contribution in [1.82, 2.24) is 10.2 Å². The average molecular weight is 365 g/mol. The number of carboxylic acids is 1. The number of carboxylic acid groups (broad SMARTS) is 1. The van der Waals surface area contributed by atoms with Crippen LogP contribution in [0, 0.1) is 16.0 Å². The van der Waals surface area contributed by atoms with Gasteiger partial charge in [-0.05, 0) is 18.9 Å². The Hall–Kier alpha value is -2.97. The zero-order chi connectivity index (χ0) is 19.9. The molecule has 9 nitrogen and oxygen atoms in total. The first kappa shape index (κ1) is 21.1. The van der Waals surface area contributed by atoms with Gasteiger partial charge < -0.3 is 15.3 Å². The summed E-state index contributed by atoms with van der Waals surface area (Å²) in [6.45, 7) is 5.69. The van der Waals surface area contributed by atoms with Crippen LogP contribution in [0.15, 0.2) is 24.3 Å². The normalized spacial score (nSPS) is 11.7. The first-order valence-corrected chi connectivity index (χ1v) is 8.17. The molecule has 2 amide bonds. The van der Waals surface area contributed by atoms with Crippen LogP contribution in [-0.2, 0) is 9.59 Å². The Bertz CT molecular complexity index is 689. The van der Waals surface area contributed by atoms with Crippen molar-refractivity contribution in [2.45, 2.75) is 33.2 Å². The van der Waals surface area contributed by atoms with Crippen molar-refractivity contribution < 1.29 is 24.4 Å². The fraction of sp³-hybridized carbons (Fsp3) is 0.471. The van der Waals surface area contributed by atoms with Gasteiger partial charge in [-0.3, -0.25) is 24.5 Å². The zero-order valence-electron chi connectivity index (χ0n) is 15.0. The summed E-state index contributed by atoms with van der Waals surface area (Å²) in [5.41, 5.74) is -0.153. The van der Waals surface area contributed by atoms with Crippen molar-refractivity contribution in [3.63, 3.8) is 0 Å². The molecule has 0 aliphatic carbocycles. The first-order valence-electron chi connectivity index (χ1n) is 8.17. The van der Waals surface area contributed by atoms with Gasteiger partial charge in [-0.25, -0.2) is 0 Å². The summed E-state index contributed by atoms with van der Waals surface area (Å²) in [5.74, 6) is -1.90. The molecule has 1 atom stereocenters. The van der Waals surface area contributed by atoms with Crippen molar-refractivity contribution in [2.75, 3.05) is 13.1 Å². The van der Waals surface area contributed by atoms with Gasteiger partial charge in [-0.2, -0.15) is 0 Å². The summed E-state index contributed by atoms with van der Waals surface area (Å²) in [7, 11) is 0. The number of nitro groups is 1. The molecule has 0 saturated heterocycles. The number of carbonyl (C=O) groups excluding carboxylic acids is 2. The molecule has 142 valence electrons. The number of non-ortho nitro benzene ring substituents is 1. The lowest BCUT2D eigenvalue weighted by Crippen LogP contribution is -2.48. The van der Waals surface area contributed by atoms with E-state index in [2.05, 4.69) is 5.32 Å². The number of aliphatic carboxylic acids is 1. The molecule has 0 aliphatic heterocycles. The highest BCUT2D eigenvalue weighted by Crippen LogP contribution is 2.13. The van der Waals surface area contributed by atoms with Crippen LogP contribution in [0.3, 0.4) is 0 Å². The SMILES string of the molecule is CC(C)CN(CCC(=O)O)C(=O)C(C)NC(=O)c1cccc([N+](=O)[O-])c1. The lowest BCUT2D eigenvalue weighted by atomic mass is 10.1. The number of rotatable bonds is 9. The molecule has 26 heavy (non-hydrogen) atoms. The first-order chi connectivity index (χ1) is 12.1. The van der Waals surface area contributed by atoms with Gasteiger partial charge in [0.2, 0.25) is 5.91 Å². The molecule has 1 aromatic rings. The van der Waals surface area contributed by atoms with Crippen molar-refractivity contribution >= 4 is 23.5 Å². The van der Waals surface area contributed by atoms with Crippen LogP contribution in [0.2, 0.25) is 0 Å². The van der Waals surface area contributed by atoms with Gasteiger partial charge in [-0.1, -0.05) is 19.9 Å². The predicted molar refractivity (Wildman–Crippen MR) is 93.7 cm³/mol. The summed E-state index contributed by atoms with van der Waals surface area (Å²) >= 11 is 0. The molecule has 0 saturated carbocycles. The number of nitro benzene ring substituents is 1. The highest BCUT2D eigenvalue weighted by atomic mass is 16.6. The minimum absolute atomic E-state index is 0.0450. The van der Waals surface area contributed by atoms with Gasteiger partial charge in [-0.15, -0.1) is 0 Å². The van der Waals surface area contributed by atoms with Crippen LogP contribution in [0.25, 0.3) is 0 Å². The fourth-order valence-electron chi connectivity index (χ4n) is 2.34. The standard InChI is InChI=1S/C17H23N3O6/c1-11(2)10-19(8-7-15(21)22)17(24)12(3)18-16(23)13-5-4-6-14(9-13)20(25)26/h4-6,9,11-12H,7-8,10H2,1-3H3,(H,18,23)(H,21,22). The quantitative estimate of drug-likeness (QED) is 0.506. The highest BCUT2D eigenvalue weighted by Gasteiger charge is 2.24. The molecule has 2 N–H and O–H groups in total. The van der Waals surface area contributed by atoms with Crippen molar-refractivity contribution in [1.29, 1.82) is 0 Å². The largest absolute Gasteiger partial charge is 0.481 e. The number of nitrogens with one attached hydrogen (secondary N) is 1. The van der Waals surface area contributed by atoms with Crippen LogP contribution < -0.4 is 5.32 Å². The predicted octanol–water partition coefficient (Wildman–Crippen LogP) is 1.67. The molecule has 9 heteroatoms. The fourth-order valence-corrected chi connectivity index (χ4v) is 2.34. The van der Waals surface area contributed by atoms with Crippen LogP contribution in [0.5, 0.6) is 0 Å². The molecular formula is C17H23N3O6. The number of carbonyl (C=O) groups is 3. The summed E-state index contributed by atoms with van der Waals surface area (Å²) in [6, 6.07) is 4.30. The second-order valence-electron chi connectivity index (χ2n) is 6.32. The van der Waals surface area contributed by atoms with E-state index in [0.717, 1.165) is 6.07 Å². The molecular weight excluding hydrogens is 342 g/mol. The monoisotopic (exact) mass is 365 g/mol. The molecule has 1 aromatic carbocycles. The number of hydrogen-bond donors (Lipinski definition) is 2. The van der Waals surface area contributed by atoms with Crippen LogP contribution in [-0.4, -0.2) is 51.8 Å². The van der Waals surface area contributed by atoms with Gasteiger partial charge in [0.05, 0.1) is 11.3 Å². The summed E-state index contributed by atoms with van der Waals surface area (Å²) in [6.07, 6.45) is -0.190. The maximum atomic E-state index is 12.5. The molecule has 1 unspecified atom stereocenters. The third-order valence-corrected chi connectivity index (χ3v) is 3.53. The minimum atomic E-state index is -1.01. The Kier molecular flexibility index (Phi) is 7.70. The van der Waals surface area contributed by atoms with Gasteiger partial charge in [0, 0.05) is 30.8 Å². The minimum Gasteiger partial charge on any atom is -0.481 e. The van der Waals surface area contributed by atoms with Crippen LogP contribution >= 0.6 is 0 Å². The van der Waals surface area contributed by atoms with Crippen LogP contribution in [0.1, 0.15) is 37.6 Å². The number of benzene rings is 1. The summed E-state index contributed by atoms with van der Waals surface area (Å²) in [5, 5.41) is 22.1. The Labute approximate surface area is 151 Å².